The number of ketones is 1. The minimum atomic E-state index is -0.769. The summed E-state index contributed by atoms with van der Waals surface area (Å²) >= 11 is 0. The number of carbonyl (C=O) groups is 2. The quantitative estimate of drug-likeness (QED) is 0.539. The molecular formula is C27H31FN2O6. The van der Waals surface area contributed by atoms with Crippen LogP contribution in [0.15, 0.2) is 24.3 Å². The van der Waals surface area contributed by atoms with E-state index >= 15 is 0 Å². The number of benzene rings is 1. The van der Waals surface area contributed by atoms with E-state index in [4.69, 9.17) is 14.2 Å². The molecule has 3 aliphatic heterocycles. The Balaban J connectivity index is 1.30. The predicted octanol–water partition coefficient (Wildman–Crippen LogP) is 2.77. The second-order valence-corrected chi connectivity index (χ2v) is 9.64. The van der Waals surface area contributed by atoms with Gasteiger partial charge in [-0.1, -0.05) is 6.07 Å². The normalized spacial score (nSPS) is 23.2. The van der Waals surface area contributed by atoms with Gasteiger partial charge in [0, 0.05) is 38.0 Å². The second-order valence-electron chi connectivity index (χ2n) is 9.64. The Labute approximate surface area is 209 Å². The average Bonchev–Trinajstić information content (AvgIpc) is 3.56. The van der Waals surface area contributed by atoms with E-state index in [-0.39, 0.29) is 42.1 Å². The SMILES string of the molecule is O=C(N[C@H]1CCOC[C@@H]1O)c1cc(Cc2ccc(C(=O)CC[C@@H]3CCCO3)c(F)c2)c2c(n1)CCO2. The summed E-state index contributed by atoms with van der Waals surface area (Å²) in [6.07, 6.45) is 3.56. The minimum Gasteiger partial charge on any atom is -0.491 e. The first-order chi connectivity index (χ1) is 17.5. The lowest BCUT2D eigenvalue weighted by atomic mass is 9.98. The van der Waals surface area contributed by atoms with Gasteiger partial charge in [-0.2, -0.15) is 0 Å². The summed E-state index contributed by atoms with van der Waals surface area (Å²) in [5.74, 6) is -0.537. The minimum absolute atomic E-state index is 0.0861. The molecule has 1 amide bonds. The van der Waals surface area contributed by atoms with Crippen molar-refractivity contribution in [3.8, 4) is 5.75 Å². The topological polar surface area (TPSA) is 107 Å². The molecule has 5 rings (SSSR count). The fraction of sp³-hybridized carbons (Fsp3) is 0.519. The Morgan fingerprint density at radius 2 is 2.06 bits per heavy atom. The molecule has 1 aromatic carbocycles. The Kier molecular flexibility index (Phi) is 7.59. The monoisotopic (exact) mass is 498 g/mol. The van der Waals surface area contributed by atoms with E-state index in [0.717, 1.165) is 25.0 Å². The molecule has 0 spiro atoms. The molecular weight excluding hydrogens is 467 g/mol. The van der Waals surface area contributed by atoms with E-state index in [0.29, 0.717) is 55.9 Å². The van der Waals surface area contributed by atoms with Gasteiger partial charge in [0.25, 0.3) is 5.91 Å². The Morgan fingerprint density at radius 3 is 2.83 bits per heavy atom. The van der Waals surface area contributed by atoms with E-state index in [9.17, 15) is 19.1 Å². The smallest absolute Gasteiger partial charge is 0.270 e. The fourth-order valence-corrected chi connectivity index (χ4v) is 5.03. The largest absolute Gasteiger partial charge is 0.491 e. The van der Waals surface area contributed by atoms with Gasteiger partial charge in [-0.3, -0.25) is 9.59 Å². The number of carbonyl (C=O) groups excluding carboxylic acids is 2. The molecule has 1 aromatic heterocycles. The van der Waals surface area contributed by atoms with E-state index in [1.807, 2.05) is 0 Å². The van der Waals surface area contributed by atoms with Gasteiger partial charge in [0.2, 0.25) is 0 Å². The summed E-state index contributed by atoms with van der Waals surface area (Å²) in [6.45, 7) is 1.84. The number of nitrogens with one attached hydrogen (secondary N) is 1. The number of pyridine rings is 1. The highest BCUT2D eigenvalue weighted by Gasteiger charge is 2.28. The van der Waals surface area contributed by atoms with Crippen molar-refractivity contribution in [2.75, 3.05) is 26.4 Å². The van der Waals surface area contributed by atoms with Crippen molar-refractivity contribution in [1.82, 2.24) is 10.3 Å². The van der Waals surface area contributed by atoms with Gasteiger partial charge in [-0.15, -0.1) is 0 Å². The van der Waals surface area contributed by atoms with Crippen LogP contribution in [0.25, 0.3) is 0 Å². The summed E-state index contributed by atoms with van der Waals surface area (Å²) in [7, 11) is 0. The summed E-state index contributed by atoms with van der Waals surface area (Å²) in [5.41, 5.74) is 2.40. The lowest BCUT2D eigenvalue weighted by Gasteiger charge is -2.28. The van der Waals surface area contributed by atoms with Crippen LogP contribution in [0, 0.1) is 5.82 Å². The van der Waals surface area contributed by atoms with Gasteiger partial charge in [0.1, 0.15) is 17.3 Å². The number of fused-ring (bicyclic) bond motifs is 1. The molecule has 0 bridgehead atoms. The molecule has 0 radical (unpaired) electrons. The summed E-state index contributed by atoms with van der Waals surface area (Å²) < 4.78 is 31.4. The zero-order valence-corrected chi connectivity index (χ0v) is 20.1. The van der Waals surface area contributed by atoms with E-state index in [2.05, 4.69) is 10.3 Å². The highest BCUT2D eigenvalue weighted by Crippen LogP contribution is 2.31. The Bertz CT molecular complexity index is 1130. The molecule has 2 saturated heterocycles. The maximum Gasteiger partial charge on any atom is 0.270 e. The number of aromatic nitrogens is 1. The molecule has 3 atom stereocenters. The molecule has 36 heavy (non-hydrogen) atoms. The molecule has 2 fully saturated rings. The first-order valence-electron chi connectivity index (χ1n) is 12.6. The van der Waals surface area contributed by atoms with Gasteiger partial charge >= 0.3 is 0 Å². The zero-order valence-electron chi connectivity index (χ0n) is 20.1. The van der Waals surface area contributed by atoms with Gasteiger partial charge in [0.05, 0.1) is 42.7 Å². The van der Waals surface area contributed by atoms with E-state index in [1.54, 1.807) is 12.1 Å². The number of hydrogen-bond acceptors (Lipinski definition) is 7. The third-order valence-electron chi connectivity index (χ3n) is 7.03. The summed E-state index contributed by atoms with van der Waals surface area (Å²) in [5, 5.41) is 12.9. The molecule has 8 nitrogen and oxygen atoms in total. The van der Waals surface area contributed by atoms with Gasteiger partial charge in [0.15, 0.2) is 5.78 Å². The fourth-order valence-electron chi connectivity index (χ4n) is 5.03. The number of Topliss-reactive ketones (excluding diaryl/α,β-unsaturated/α-hetero) is 1. The number of aliphatic hydroxyl groups excluding tert-OH is 1. The van der Waals surface area contributed by atoms with Crippen LogP contribution in [-0.2, 0) is 22.3 Å². The third-order valence-corrected chi connectivity index (χ3v) is 7.03. The molecule has 0 unspecified atom stereocenters. The number of nitrogens with zero attached hydrogens (tertiary/aromatic N) is 1. The van der Waals surface area contributed by atoms with Crippen LogP contribution in [0.3, 0.4) is 0 Å². The van der Waals surface area contributed by atoms with Crippen LogP contribution in [-0.4, -0.2) is 66.5 Å². The van der Waals surface area contributed by atoms with Gasteiger partial charge in [-0.05, 0) is 49.4 Å². The molecule has 2 N–H and O–H groups in total. The van der Waals surface area contributed by atoms with Crippen LogP contribution in [0.1, 0.15) is 69.8 Å². The summed E-state index contributed by atoms with van der Waals surface area (Å²) in [6, 6.07) is 5.90. The first-order valence-corrected chi connectivity index (χ1v) is 12.6. The molecule has 192 valence electrons. The van der Waals surface area contributed by atoms with Crippen molar-refractivity contribution in [2.45, 2.75) is 63.2 Å². The van der Waals surface area contributed by atoms with Crippen LogP contribution in [0.2, 0.25) is 0 Å². The summed E-state index contributed by atoms with van der Waals surface area (Å²) in [4.78, 5) is 30.0. The number of hydrogen-bond donors (Lipinski definition) is 2. The lowest BCUT2D eigenvalue weighted by Crippen LogP contribution is -2.48. The molecule has 3 aliphatic rings. The van der Waals surface area contributed by atoms with Crippen LogP contribution >= 0.6 is 0 Å². The van der Waals surface area contributed by atoms with Crippen LogP contribution in [0.5, 0.6) is 5.75 Å². The van der Waals surface area contributed by atoms with E-state index in [1.165, 1.54) is 12.1 Å². The third kappa shape index (κ3) is 5.58. The molecule has 2 aromatic rings. The van der Waals surface area contributed by atoms with Crippen molar-refractivity contribution < 1.29 is 33.3 Å². The van der Waals surface area contributed by atoms with Crippen molar-refractivity contribution in [3.05, 3.63) is 58.2 Å². The number of halogens is 1. The molecule has 0 saturated carbocycles. The number of amides is 1. The van der Waals surface area contributed by atoms with Crippen LogP contribution in [0.4, 0.5) is 4.39 Å². The first kappa shape index (κ1) is 24.8. The maximum atomic E-state index is 14.9. The van der Waals surface area contributed by atoms with Crippen molar-refractivity contribution >= 4 is 11.7 Å². The molecule has 9 heteroatoms. The lowest BCUT2D eigenvalue weighted by molar-refractivity contribution is -0.0261. The predicted molar refractivity (Wildman–Crippen MR) is 128 cm³/mol. The zero-order chi connectivity index (χ0) is 25.1. The van der Waals surface area contributed by atoms with Gasteiger partial charge < -0.3 is 24.6 Å². The highest BCUT2D eigenvalue weighted by molar-refractivity contribution is 5.96. The maximum absolute atomic E-state index is 14.9. The van der Waals surface area contributed by atoms with Gasteiger partial charge in [-0.25, -0.2) is 9.37 Å². The average molecular weight is 499 g/mol. The van der Waals surface area contributed by atoms with E-state index < -0.39 is 18.0 Å². The Morgan fingerprint density at radius 1 is 1.17 bits per heavy atom. The van der Waals surface area contributed by atoms with Crippen molar-refractivity contribution in [1.29, 1.82) is 0 Å². The molecule has 4 heterocycles. The highest BCUT2D eigenvalue weighted by atomic mass is 19.1. The Hall–Kier alpha value is -2.88. The number of rotatable bonds is 8. The molecule has 0 aliphatic carbocycles. The van der Waals surface area contributed by atoms with Crippen molar-refractivity contribution in [2.24, 2.45) is 0 Å². The standard InChI is InChI=1S/C27H31FN2O6/c28-20-13-16(3-5-19(20)24(31)6-4-18-2-1-9-35-18)12-17-14-23(29-22-8-11-36-26(17)22)27(33)30-21-7-10-34-15-25(21)32/h3,5,13-14,18,21,25,32H,1-2,4,6-12,15H2,(H,30,33)/t18-,21-,25-/m0/s1. The number of ether oxygens (including phenoxy) is 3. The van der Waals surface area contributed by atoms with Crippen LogP contribution < -0.4 is 10.1 Å². The second kappa shape index (κ2) is 11.0. The number of aliphatic hydroxyl groups is 1. The van der Waals surface area contributed by atoms with Crippen molar-refractivity contribution in [3.63, 3.8) is 0 Å².